The van der Waals surface area contributed by atoms with Gasteiger partial charge in [0.15, 0.2) is 6.10 Å². The summed E-state index contributed by atoms with van der Waals surface area (Å²) >= 11 is 0. The summed E-state index contributed by atoms with van der Waals surface area (Å²) in [6.45, 7) is 6.21. The van der Waals surface area contributed by atoms with Crippen LogP contribution in [0.1, 0.15) is 46.5 Å². The van der Waals surface area contributed by atoms with Gasteiger partial charge in [0.1, 0.15) is 11.5 Å². The molecule has 0 fully saturated rings. The van der Waals surface area contributed by atoms with Crippen LogP contribution in [-0.2, 0) is 24.3 Å². The Morgan fingerprint density at radius 1 is 1.05 bits per heavy atom. The molecule has 5 nitrogen and oxygen atoms in total. The summed E-state index contributed by atoms with van der Waals surface area (Å²) in [5.41, 5.74) is 6.42. The number of benzene rings is 3. The molecule has 1 aliphatic heterocycles. The predicted molar refractivity (Wildman–Crippen MR) is 145 cm³/mol. The lowest BCUT2D eigenvalue weighted by molar-refractivity contribution is -0.137. The molecule has 2 heterocycles. The van der Waals surface area contributed by atoms with E-state index in [1.165, 1.54) is 27.8 Å². The smallest absolute Gasteiger partial charge is 0.263 e. The minimum absolute atomic E-state index is 0.0881. The highest BCUT2D eigenvalue weighted by Crippen LogP contribution is 2.38. The standard InChI is InChI=1S/C32H34N2O3/c1-23-9-7-10-25(19-23)21-34-17-16-26-14-15-28(20-30(26)31(34)27-11-5-4-6-12-27)37-24(2)32(35)33(3)22-29-13-8-18-36-29/h4-15,18-20,24,31H,16-17,21-22H2,1-3H3/t24-,31+/m0/s1. The fourth-order valence-corrected chi connectivity index (χ4v) is 5.24. The van der Waals surface area contributed by atoms with Crippen molar-refractivity contribution < 1.29 is 13.9 Å². The first kappa shape index (κ1) is 24.8. The summed E-state index contributed by atoms with van der Waals surface area (Å²) in [5.74, 6) is 1.37. The van der Waals surface area contributed by atoms with Crippen molar-refractivity contribution in [3.05, 3.63) is 125 Å². The molecule has 0 N–H and O–H groups in total. The number of ether oxygens (including phenoxy) is 1. The summed E-state index contributed by atoms with van der Waals surface area (Å²) in [7, 11) is 1.77. The molecule has 4 aromatic rings. The van der Waals surface area contributed by atoms with Gasteiger partial charge in [0.05, 0.1) is 18.8 Å². The van der Waals surface area contributed by atoms with Crippen molar-refractivity contribution in [2.45, 2.75) is 45.5 Å². The number of amides is 1. The molecular weight excluding hydrogens is 460 g/mol. The third kappa shape index (κ3) is 5.78. The molecule has 3 aromatic carbocycles. The Kier molecular flexibility index (Phi) is 7.42. The van der Waals surface area contributed by atoms with Crippen molar-refractivity contribution in [2.75, 3.05) is 13.6 Å². The molecular formula is C32H34N2O3. The van der Waals surface area contributed by atoms with E-state index in [0.29, 0.717) is 12.3 Å². The number of hydrogen-bond donors (Lipinski definition) is 0. The number of fused-ring (bicyclic) bond motifs is 1. The van der Waals surface area contributed by atoms with E-state index in [0.717, 1.165) is 25.3 Å². The summed E-state index contributed by atoms with van der Waals surface area (Å²) in [5, 5.41) is 0. The van der Waals surface area contributed by atoms with E-state index < -0.39 is 6.10 Å². The number of carbonyl (C=O) groups excluding carboxylic acids is 1. The van der Waals surface area contributed by atoms with Crippen LogP contribution in [0, 0.1) is 6.92 Å². The number of rotatable bonds is 8. The zero-order valence-electron chi connectivity index (χ0n) is 21.8. The van der Waals surface area contributed by atoms with Crippen LogP contribution in [-0.4, -0.2) is 35.4 Å². The Labute approximate surface area is 219 Å². The van der Waals surface area contributed by atoms with Crippen molar-refractivity contribution in [2.24, 2.45) is 0 Å². The van der Waals surface area contributed by atoms with Crippen molar-refractivity contribution in [1.29, 1.82) is 0 Å². The molecule has 1 aromatic heterocycles. The molecule has 2 atom stereocenters. The molecule has 5 heteroatoms. The van der Waals surface area contributed by atoms with Gasteiger partial charge in [-0.15, -0.1) is 0 Å². The van der Waals surface area contributed by atoms with Gasteiger partial charge in [0.25, 0.3) is 5.91 Å². The highest BCUT2D eigenvalue weighted by molar-refractivity contribution is 5.80. The zero-order valence-corrected chi connectivity index (χ0v) is 21.8. The molecule has 0 saturated heterocycles. The maximum Gasteiger partial charge on any atom is 0.263 e. The lowest BCUT2D eigenvalue weighted by atomic mass is 9.87. The second kappa shape index (κ2) is 11.1. The molecule has 0 unspecified atom stereocenters. The van der Waals surface area contributed by atoms with Crippen LogP contribution in [0.5, 0.6) is 5.75 Å². The number of nitrogens with zero attached hydrogens (tertiary/aromatic N) is 2. The van der Waals surface area contributed by atoms with E-state index in [1.807, 2.05) is 18.2 Å². The summed E-state index contributed by atoms with van der Waals surface area (Å²) < 4.78 is 11.6. The van der Waals surface area contributed by atoms with E-state index in [1.54, 1.807) is 25.1 Å². The first-order valence-electron chi connectivity index (χ1n) is 12.9. The van der Waals surface area contributed by atoms with Crippen LogP contribution in [0.4, 0.5) is 0 Å². The number of hydrogen-bond acceptors (Lipinski definition) is 4. The second-order valence-corrected chi connectivity index (χ2v) is 9.92. The van der Waals surface area contributed by atoms with Crippen molar-refractivity contribution >= 4 is 5.91 Å². The molecule has 0 bridgehead atoms. The van der Waals surface area contributed by atoms with Gasteiger partial charge >= 0.3 is 0 Å². The Hall–Kier alpha value is -3.83. The van der Waals surface area contributed by atoms with Crippen molar-refractivity contribution in [1.82, 2.24) is 9.80 Å². The van der Waals surface area contributed by atoms with Crippen LogP contribution >= 0.6 is 0 Å². The predicted octanol–water partition coefficient (Wildman–Crippen LogP) is 6.16. The molecule has 0 saturated carbocycles. The van der Waals surface area contributed by atoms with Gasteiger partial charge in [-0.2, -0.15) is 0 Å². The van der Waals surface area contributed by atoms with Crippen LogP contribution in [0.15, 0.2) is 95.6 Å². The van der Waals surface area contributed by atoms with Gasteiger partial charge in [0, 0.05) is 20.1 Å². The molecule has 1 aliphatic rings. The minimum atomic E-state index is -0.611. The third-order valence-corrected chi connectivity index (χ3v) is 7.04. The SMILES string of the molecule is Cc1cccc(CN2CCc3ccc(O[C@@H](C)C(=O)N(C)Cc4ccco4)cc3[C@H]2c2ccccc2)c1. The molecule has 5 rings (SSSR count). The quantitative estimate of drug-likeness (QED) is 0.294. The fraction of sp³-hybridized carbons (Fsp3) is 0.281. The monoisotopic (exact) mass is 494 g/mol. The van der Waals surface area contributed by atoms with Gasteiger partial charge in [-0.05, 0) is 66.8 Å². The van der Waals surface area contributed by atoms with Gasteiger partial charge in [-0.3, -0.25) is 9.69 Å². The van der Waals surface area contributed by atoms with Gasteiger partial charge in [0.2, 0.25) is 0 Å². The Morgan fingerprint density at radius 3 is 2.65 bits per heavy atom. The molecule has 0 radical (unpaired) electrons. The maximum absolute atomic E-state index is 13.0. The number of carbonyl (C=O) groups is 1. The minimum Gasteiger partial charge on any atom is -0.481 e. The number of aryl methyl sites for hydroxylation is 1. The summed E-state index contributed by atoms with van der Waals surface area (Å²) in [4.78, 5) is 17.2. The summed E-state index contributed by atoms with van der Waals surface area (Å²) in [6, 6.07) is 29.5. The Balaban J connectivity index is 1.39. The highest BCUT2D eigenvalue weighted by atomic mass is 16.5. The van der Waals surface area contributed by atoms with E-state index in [4.69, 9.17) is 9.15 Å². The van der Waals surface area contributed by atoms with Crippen LogP contribution in [0.25, 0.3) is 0 Å². The van der Waals surface area contributed by atoms with Crippen molar-refractivity contribution in [3.8, 4) is 5.75 Å². The summed E-state index contributed by atoms with van der Waals surface area (Å²) in [6.07, 6.45) is 1.98. The van der Waals surface area contributed by atoms with Crippen LogP contribution in [0.3, 0.4) is 0 Å². The van der Waals surface area contributed by atoms with Crippen LogP contribution in [0.2, 0.25) is 0 Å². The normalized spacial score (nSPS) is 16.1. The van der Waals surface area contributed by atoms with Gasteiger partial charge in [-0.1, -0.05) is 66.2 Å². The Bertz CT molecular complexity index is 1330. The van der Waals surface area contributed by atoms with Crippen molar-refractivity contribution in [3.63, 3.8) is 0 Å². The zero-order chi connectivity index (χ0) is 25.8. The number of furan rings is 1. The topological polar surface area (TPSA) is 45.9 Å². The molecule has 1 amide bonds. The van der Waals surface area contributed by atoms with Gasteiger partial charge < -0.3 is 14.1 Å². The maximum atomic E-state index is 13.0. The second-order valence-electron chi connectivity index (χ2n) is 9.92. The number of likely N-dealkylation sites (N-methyl/N-ethyl adjacent to an activating group) is 1. The lowest BCUT2D eigenvalue weighted by Crippen LogP contribution is -2.38. The largest absolute Gasteiger partial charge is 0.481 e. The average molecular weight is 495 g/mol. The fourth-order valence-electron chi connectivity index (χ4n) is 5.24. The van der Waals surface area contributed by atoms with Crippen LogP contribution < -0.4 is 4.74 Å². The van der Waals surface area contributed by atoms with Gasteiger partial charge in [-0.25, -0.2) is 0 Å². The first-order valence-corrected chi connectivity index (χ1v) is 12.9. The average Bonchev–Trinajstić information content (AvgIpc) is 3.41. The third-order valence-electron chi connectivity index (χ3n) is 7.04. The van der Waals surface area contributed by atoms with E-state index in [-0.39, 0.29) is 11.9 Å². The van der Waals surface area contributed by atoms with E-state index >= 15 is 0 Å². The van der Waals surface area contributed by atoms with E-state index in [9.17, 15) is 4.79 Å². The Morgan fingerprint density at radius 2 is 1.89 bits per heavy atom. The molecule has 37 heavy (non-hydrogen) atoms. The van der Waals surface area contributed by atoms with E-state index in [2.05, 4.69) is 78.6 Å². The molecule has 190 valence electrons. The molecule has 0 aliphatic carbocycles. The lowest BCUT2D eigenvalue weighted by Gasteiger charge is -2.38. The molecule has 0 spiro atoms. The first-order chi connectivity index (χ1) is 18.0. The highest BCUT2D eigenvalue weighted by Gasteiger charge is 2.30.